The Morgan fingerprint density at radius 1 is 1.33 bits per heavy atom. The van der Waals surface area contributed by atoms with Gasteiger partial charge >= 0.3 is 0 Å². The highest BCUT2D eigenvalue weighted by Gasteiger charge is 2.24. The van der Waals surface area contributed by atoms with Crippen molar-refractivity contribution in [3.63, 3.8) is 0 Å². The van der Waals surface area contributed by atoms with E-state index in [1.807, 2.05) is 6.07 Å². The Labute approximate surface area is 121 Å². The van der Waals surface area contributed by atoms with Gasteiger partial charge in [0.25, 0.3) is 0 Å². The Kier molecular flexibility index (Phi) is 4.33. The van der Waals surface area contributed by atoms with Gasteiger partial charge in [-0.1, -0.05) is 12.1 Å². The van der Waals surface area contributed by atoms with Crippen LogP contribution in [-0.2, 0) is 16.9 Å². The lowest BCUT2D eigenvalue weighted by Crippen LogP contribution is -2.13. The minimum atomic E-state index is -3.65. The molecule has 0 aliphatic heterocycles. The standard InChI is InChI=1S/C13H13FN4O2S/c1-18-12(10-6-2-3-7-11(10)14)16-17-13(18)21(19,20)9-5-4-8-15/h2-3,6-7H,4-5,9H2,1H3. The molecule has 0 radical (unpaired) electrons. The molecule has 2 rings (SSSR count). The topological polar surface area (TPSA) is 88.6 Å². The molecule has 0 N–H and O–H groups in total. The molecule has 8 heteroatoms. The van der Waals surface area contributed by atoms with Crippen LogP contribution in [0.25, 0.3) is 11.4 Å². The van der Waals surface area contributed by atoms with Crippen LogP contribution in [0, 0.1) is 17.1 Å². The maximum atomic E-state index is 13.7. The van der Waals surface area contributed by atoms with Crippen molar-refractivity contribution in [2.75, 3.05) is 5.75 Å². The van der Waals surface area contributed by atoms with E-state index < -0.39 is 15.7 Å². The average Bonchev–Trinajstić information content (AvgIpc) is 2.82. The monoisotopic (exact) mass is 308 g/mol. The second-order valence-electron chi connectivity index (χ2n) is 4.43. The van der Waals surface area contributed by atoms with Gasteiger partial charge in [0.2, 0.25) is 15.0 Å². The van der Waals surface area contributed by atoms with Crippen molar-refractivity contribution in [2.24, 2.45) is 7.05 Å². The molecule has 21 heavy (non-hydrogen) atoms. The van der Waals surface area contributed by atoms with Crippen molar-refractivity contribution >= 4 is 9.84 Å². The first kappa shape index (κ1) is 15.1. The van der Waals surface area contributed by atoms with Crippen molar-refractivity contribution in [1.29, 1.82) is 5.26 Å². The molecule has 0 aliphatic carbocycles. The molecule has 2 aromatic rings. The van der Waals surface area contributed by atoms with Gasteiger partial charge in [-0.3, -0.25) is 0 Å². The second-order valence-corrected chi connectivity index (χ2v) is 6.43. The van der Waals surface area contributed by atoms with Crippen LogP contribution >= 0.6 is 0 Å². The van der Waals surface area contributed by atoms with Crippen molar-refractivity contribution in [1.82, 2.24) is 14.8 Å². The number of benzene rings is 1. The zero-order valence-corrected chi connectivity index (χ0v) is 12.1. The van der Waals surface area contributed by atoms with Crippen molar-refractivity contribution < 1.29 is 12.8 Å². The molecular formula is C13H13FN4O2S. The Hall–Kier alpha value is -2.27. The molecule has 0 unspecified atom stereocenters. The number of halogens is 1. The number of sulfone groups is 1. The summed E-state index contributed by atoms with van der Waals surface area (Å²) in [6.45, 7) is 0. The Morgan fingerprint density at radius 3 is 2.71 bits per heavy atom. The van der Waals surface area contributed by atoms with Crippen LogP contribution in [0.5, 0.6) is 0 Å². The lowest BCUT2D eigenvalue weighted by Gasteiger charge is -2.05. The molecule has 0 fully saturated rings. The molecule has 0 amide bonds. The highest BCUT2D eigenvalue weighted by molar-refractivity contribution is 7.91. The molecule has 6 nitrogen and oxygen atoms in total. The van der Waals surface area contributed by atoms with Crippen LogP contribution in [0.2, 0.25) is 0 Å². The number of aromatic nitrogens is 3. The van der Waals surface area contributed by atoms with Crippen LogP contribution < -0.4 is 0 Å². The minimum Gasteiger partial charge on any atom is -0.301 e. The zero-order chi connectivity index (χ0) is 15.5. The molecule has 0 bridgehead atoms. The Morgan fingerprint density at radius 2 is 2.05 bits per heavy atom. The smallest absolute Gasteiger partial charge is 0.249 e. The van der Waals surface area contributed by atoms with E-state index in [1.165, 1.54) is 29.8 Å². The summed E-state index contributed by atoms with van der Waals surface area (Å²) in [6, 6.07) is 7.83. The third-order valence-corrected chi connectivity index (χ3v) is 4.67. The van der Waals surface area contributed by atoms with E-state index in [0.29, 0.717) is 0 Å². The number of unbranched alkanes of at least 4 members (excludes halogenated alkanes) is 1. The molecule has 110 valence electrons. The van der Waals surface area contributed by atoms with Gasteiger partial charge in [0, 0.05) is 13.5 Å². The third-order valence-electron chi connectivity index (χ3n) is 2.93. The van der Waals surface area contributed by atoms with Gasteiger partial charge in [-0.25, -0.2) is 12.8 Å². The highest BCUT2D eigenvalue weighted by atomic mass is 32.2. The minimum absolute atomic E-state index is 0.145. The molecule has 1 aromatic heterocycles. The lowest BCUT2D eigenvalue weighted by atomic mass is 10.2. The lowest BCUT2D eigenvalue weighted by molar-refractivity contribution is 0.576. The van der Waals surface area contributed by atoms with Crippen LogP contribution in [0.15, 0.2) is 29.4 Å². The summed E-state index contributed by atoms with van der Waals surface area (Å²) in [4.78, 5) is 0. The van der Waals surface area contributed by atoms with E-state index in [0.717, 1.165) is 0 Å². The molecule has 1 heterocycles. The Balaban J connectivity index is 2.38. The molecule has 0 atom stereocenters. The van der Waals surface area contributed by atoms with Crippen molar-refractivity contribution in [3.05, 3.63) is 30.1 Å². The molecule has 0 saturated carbocycles. The fraction of sp³-hybridized carbons (Fsp3) is 0.308. The van der Waals surface area contributed by atoms with Crippen LogP contribution in [0.4, 0.5) is 4.39 Å². The van der Waals surface area contributed by atoms with Crippen molar-refractivity contribution in [2.45, 2.75) is 18.0 Å². The number of nitrogens with zero attached hydrogens (tertiary/aromatic N) is 4. The number of nitriles is 1. The number of rotatable bonds is 5. The predicted molar refractivity (Wildman–Crippen MR) is 73.3 cm³/mol. The first-order valence-corrected chi connectivity index (χ1v) is 7.86. The molecule has 1 aromatic carbocycles. The van der Waals surface area contributed by atoms with Gasteiger partial charge < -0.3 is 4.57 Å². The summed E-state index contributed by atoms with van der Waals surface area (Å²) in [5.41, 5.74) is 0.186. The third kappa shape index (κ3) is 3.08. The van der Waals surface area contributed by atoms with Gasteiger partial charge in [0.15, 0.2) is 5.82 Å². The molecule has 0 spiro atoms. The summed E-state index contributed by atoms with van der Waals surface area (Å²) < 4.78 is 39.3. The van der Waals surface area contributed by atoms with Gasteiger partial charge in [0.05, 0.1) is 17.4 Å². The van der Waals surface area contributed by atoms with E-state index >= 15 is 0 Å². The van der Waals surface area contributed by atoms with Gasteiger partial charge in [0.1, 0.15) is 5.82 Å². The summed E-state index contributed by atoms with van der Waals surface area (Å²) in [7, 11) is -2.18. The number of hydrogen-bond donors (Lipinski definition) is 0. The van der Waals surface area contributed by atoms with Gasteiger partial charge in [-0.05, 0) is 18.6 Å². The second kappa shape index (κ2) is 6.01. The van der Waals surface area contributed by atoms with Crippen LogP contribution in [-0.4, -0.2) is 28.9 Å². The number of hydrogen-bond acceptors (Lipinski definition) is 5. The molecule has 0 saturated heterocycles. The van der Waals surface area contributed by atoms with E-state index in [2.05, 4.69) is 10.2 Å². The van der Waals surface area contributed by atoms with Crippen molar-refractivity contribution in [3.8, 4) is 17.5 Å². The largest absolute Gasteiger partial charge is 0.301 e. The first-order valence-electron chi connectivity index (χ1n) is 6.21. The summed E-state index contributed by atoms with van der Waals surface area (Å²) in [5.74, 6) is -0.544. The zero-order valence-electron chi connectivity index (χ0n) is 11.3. The SMILES string of the molecule is Cn1c(-c2ccccc2F)nnc1S(=O)(=O)CCCC#N. The first-order chi connectivity index (χ1) is 9.97. The van der Waals surface area contributed by atoms with E-state index in [1.54, 1.807) is 6.07 Å². The normalized spacial score (nSPS) is 11.3. The Bertz CT molecular complexity index is 793. The van der Waals surface area contributed by atoms with E-state index in [-0.39, 0.29) is 35.1 Å². The van der Waals surface area contributed by atoms with Crippen LogP contribution in [0.1, 0.15) is 12.8 Å². The fourth-order valence-corrected chi connectivity index (χ4v) is 3.27. The van der Waals surface area contributed by atoms with Crippen LogP contribution in [0.3, 0.4) is 0 Å². The van der Waals surface area contributed by atoms with E-state index in [9.17, 15) is 12.8 Å². The van der Waals surface area contributed by atoms with Gasteiger partial charge in [-0.15, -0.1) is 10.2 Å². The average molecular weight is 308 g/mol. The molecule has 0 aliphatic rings. The molecular weight excluding hydrogens is 295 g/mol. The maximum absolute atomic E-state index is 13.7. The fourth-order valence-electron chi connectivity index (χ4n) is 1.90. The highest BCUT2D eigenvalue weighted by Crippen LogP contribution is 2.22. The summed E-state index contributed by atoms with van der Waals surface area (Å²) >= 11 is 0. The predicted octanol–water partition coefficient (Wildman–Crippen LogP) is 1.70. The maximum Gasteiger partial charge on any atom is 0.249 e. The summed E-state index contributed by atoms with van der Waals surface area (Å²) in [6.07, 6.45) is 0.373. The summed E-state index contributed by atoms with van der Waals surface area (Å²) in [5, 5.41) is 15.7. The van der Waals surface area contributed by atoms with Gasteiger partial charge in [-0.2, -0.15) is 5.26 Å². The quantitative estimate of drug-likeness (QED) is 0.784. The van der Waals surface area contributed by atoms with E-state index in [4.69, 9.17) is 5.26 Å².